The van der Waals surface area contributed by atoms with Crippen LogP contribution in [0.1, 0.15) is 17.3 Å². The number of benzene rings is 1. The Morgan fingerprint density at radius 3 is 2.45 bits per heavy atom. The van der Waals surface area contributed by atoms with Crippen LogP contribution in [0, 0.1) is 0 Å². The van der Waals surface area contributed by atoms with Crippen molar-refractivity contribution < 1.29 is 34.7 Å². The van der Waals surface area contributed by atoms with Crippen molar-refractivity contribution in [2.45, 2.75) is 37.6 Å². The van der Waals surface area contributed by atoms with Gasteiger partial charge in [-0.3, -0.25) is 0 Å². The molecule has 0 aromatic heterocycles. The molecule has 110 valence electrons. The highest BCUT2D eigenvalue weighted by Crippen LogP contribution is 2.24. The molecule has 0 bridgehead atoms. The molecular formula is C13H16O7. The summed E-state index contributed by atoms with van der Waals surface area (Å²) >= 11 is 0. The van der Waals surface area contributed by atoms with Gasteiger partial charge in [-0.05, 0) is 19.1 Å². The van der Waals surface area contributed by atoms with Gasteiger partial charge in [0, 0.05) is 0 Å². The number of hydrogen-bond donors (Lipinski definition) is 4. The number of phenols is 1. The Hall–Kier alpha value is -1.67. The maximum atomic E-state index is 11.9. The van der Waals surface area contributed by atoms with E-state index in [-0.39, 0.29) is 11.3 Å². The summed E-state index contributed by atoms with van der Waals surface area (Å²) in [6.07, 6.45) is -6.56. The Labute approximate surface area is 115 Å². The predicted molar refractivity (Wildman–Crippen MR) is 65.9 cm³/mol. The lowest BCUT2D eigenvalue weighted by Gasteiger charge is -2.38. The summed E-state index contributed by atoms with van der Waals surface area (Å²) in [7, 11) is 0. The summed E-state index contributed by atoms with van der Waals surface area (Å²) in [5.74, 6) is -1.17. The van der Waals surface area contributed by atoms with Gasteiger partial charge in [-0.25, -0.2) is 4.79 Å². The first kappa shape index (κ1) is 14.7. The second-order valence-corrected chi connectivity index (χ2v) is 4.60. The molecule has 0 unspecified atom stereocenters. The molecule has 1 aliphatic heterocycles. The number of rotatable bonds is 2. The standard InChI is InChI=1S/C13H16O7/c1-6-9(15)10(16)11(17)13(19-6)20-12(18)7-4-2-3-5-8(7)14/h2-6,9-11,13-17H,1H3/t6-,9-,10+,11+,13-/m0/s1. The number of aliphatic hydroxyl groups is 3. The van der Waals surface area contributed by atoms with E-state index in [1.165, 1.54) is 25.1 Å². The Kier molecular flexibility index (Phi) is 4.24. The first-order valence-corrected chi connectivity index (χ1v) is 6.10. The molecule has 20 heavy (non-hydrogen) atoms. The maximum Gasteiger partial charge on any atom is 0.344 e. The lowest BCUT2D eigenvalue weighted by atomic mass is 10.00. The average Bonchev–Trinajstić information content (AvgIpc) is 2.42. The van der Waals surface area contributed by atoms with Crippen molar-refractivity contribution in [1.29, 1.82) is 0 Å². The number of esters is 1. The van der Waals surface area contributed by atoms with Gasteiger partial charge >= 0.3 is 5.97 Å². The molecule has 0 aliphatic carbocycles. The van der Waals surface area contributed by atoms with Gasteiger partial charge in [0.05, 0.1) is 6.10 Å². The summed E-state index contributed by atoms with van der Waals surface area (Å²) < 4.78 is 10.0. The van der Waals surface area contributed by atoms with E-state index in [9.17, 15) is 25.2 Å². The van der Waals surface area contributed by atoms with Gasteiger partial charge in [0.1, 0.15) is 29.6 Å². The van der Waals surface area contributed by atoms with Crippen molar-refractivity contribution in [3.05, 3.63) is 29.8 Å². The zero-order chi connectivity index (χ0) is 14.9. The number of phenolic OH excluding ortho intramolecular Hbond substituents is 1. The highest BCUT2D eigenvalue weighted by atomic mass is 16.7. The summed E-state index contributed by atoms with van der Waals surface area (Å²) in [6.45, 7) is 1.47. The van der Waals surface area contributed by atoms with Gasteiger partial charge in [0.25, 0.3) is 0 Å². The van der Waals surface area contributed by atoms with Crippen LogP contribution in [0.5, 0.6) is 5.75 Å². The van der Waals surface area contributed by atoms with Crippen molar-refractivity contribution in [3.63, 3.8) is 0 Å². The van der Waals surface area contributed by atoms with E-state index in [1.807, 2.05) is 0 Å². The van der Waals surface area contributed by atoms with E-state index < -0.39 is 36.7 Å². The third-order valence-corrected chi connectivity index (χ3v) is 3.16. The molecular weight excluding hydrogens is 268 g/mol. The van der Waals surface area contributed by atoms with Crippen LogP contribution in [0.15, 0.2) is 24.3 Å². The van der Waals surface area contributed by atoms with Crippen LogP contribution in [-0.2, 0) is 9.47 Å². The van der Waals surface area contributed by atoms with Crippen molar-refractivity contribution in [2.24, 2.45) is 0 Å². The molecule has 1 aromatic rings. The molecule has 1 aromatic carbocycles. The second kappa shape index (κ2) is 5.76. The molecule has 5 atom stereocenters. The van der Waals surface area contributed by atoms with E-state index >= 15 is 0 Å². The summed E-state index contributed by atoms with van der Waals surface area (Å²) in [6, 6.07) is 5.74. The minimum Gasteiger partial charge on any atom is -0.507 e. The highest BCUT2D eigenvalue weighted by molar-refractivity contribution is 5.92. The van der Waals surface area contributed by atoms with Gasteiger partial charge in [-0.15, -0.1) is 0 Å². The second-order valence-electron chi connectivity index (χ2n) is 4.60. The molecule has 2 rings (SSSR count). The zero-order valence-electron chi connectivity index (χ0n) is 10.7. The topological polar surface area (TPSA) is 116 Å². The fourth-order valence-corrected chi connectivity index (χ4v) is 1.93. The quantitative estimate of drug-likeness (QED) is 0.535. The Bertz CT molecular complexity index is 489. The third kappa shape index (κ3) is 2.75. The molecule has 1 saturated heterocycles. The molecule has 4 N–H and O–H groups in total. The van der Waals surface area contributed by atoms with Gasteiger partial charge in [0.15, 0.2) is 0 Å². The minimum absolute atomic E-state index is 0.0865. The van der Waals surface area contributed by atoms with Crippen LogP contribution in [0.25, 0.3) is 0 Å². The van der Waals surface area contributed by atoms with E-state index in [2.05, 4.69) is 0 Å². The first-order chi connectivity index (χ1) is 9.41. The fraction of sp³-hybridized carbons (Fsp3) is 0.462. The van der Waals surface area contributed by atoms with E-state index in [1.54, 1.807) is 6.07 Å². The Morgan fingerprint density at radius 1 is 1.15 bits per heavy atom. The summed E-state index contributed by atoms with van der Waals surface area (Å²) in [4.78, 5) is 11.9. The molecule has 7 nitrogen and oxygen atoms in total. The largest absolute Gasteiger partial charge is 0.507 e. The number of carbonyl (C=O) groups excluding carboxylic acids is 1. The van der Waals surface area contributed by atoms with Crippen LogP contribution in [0.4, 0.5) is 0 Å². The summed E-state index contributed by atoms with van der Waals surface area (Å²) in [5.41, 5.74) is -0.0865. The van der Waals surface area contributed by atoms with Crippen molar-refractivity contribution in [2.75, 3.05) is 0 Å². The highest BCUT2D eigenvalue weighted by Gasteiger charge is 2.43. The van der Waals surface area contributed by atoms with Gasteiger partial charge in [-0.1, -0.05) is 12.1 Å². The summed E-state index contributed by atoms with van der Waals surface area (Å²) in [5, 5.41) is 38.4. The number of carbonyl (C=O) groups is 1. The third-order valence-electron chi connectivity index (χ3n) is 3.16. The van der Waals surface area contributed by atoms with Crippen molar-refractivity contribution in [3.8, 4) is 5.75 Å². The van der Waals surface area contributed by atoms with E-state index in [0.717, 1.165) is 0 Å². The molecule has 1 heterocycles. The lowest BCUT2D eigenvalue weighted by molar-refractivity contribution is -0.276. The SMILES string of the molecule is C[C@@H]1O[C@@H](OC(=O)c2ccccc2O)[C@H](O)[C@H](O)[C@H]1O. The normalized spacial score (nSPS) is 33.7. The number of hydrogen-bond acceptors (Lipinski definition) is 7. The van der Waals surface area contributed by atoms with Crippen LogP contribution >= 0.6 is 0 Å². The number of aromatic hydroxyl groups is 1. The molecule has 0 amide bonds. The first-order valence-electron chi connectivity index (χ1n) is 6.10. The molecule has 0 saturated carbocycles. The predicted octanol–water partition coefficient (Wildman–Crippen LogP) is -0.624. The van der Waals surface area contributed by atoms with Crippen LogP contribution < -0.4 is 0 Å². The van der Waals surface area contributed by atoms with E-state index in [4.69, 9.17) is 9.47 Å². The zero-order valence-corrected chi connectivity index (χ0v) is 10.7. The van der Waals surface area contributed by atoms with Crippen LogP contribution in [0.3, 0.4) is 0 Å². The number of para-hydroxylation sites is 1. The van der Waals surface area contributed by atoms with Gasteiger partial charge in [0.2, 0.25) is 6.29 Å². The Morgan fingerprint density at radius 2 is 1.80 bits per heavy atom. The molecule has 7 heteroatoms. The van der Waals surface area contributed by atoms with Crippen LogP contribution in [0.2, 0.25) is 0 Å². The Balaban J connectivity index is 2.10. The van der Waals surface area contributed by atoms with Gasteiger partial charge < -0.3 is 29.9 Å². The lowest BCUT2D eigenvalue weighted by Crippen LogP contribution is -2.57. The maximum absolute atomic E-state index is 11.9. The van der Waals surface area contributed by atoms with Crippen molar-refractivity contribution >= 4 is 5.97 Å². The monoisotopic (exact) mass is 284 g/mol. The average molecular weight is 284 g/mol. The van der Waals surface area contributed by atoms with E-state index in [0.29, 0.717) is 0 Å². The van der Waals surface area contributed by atoms with Crippen LogP contribution in [-0.4, -0.2) is 57.1 Å². The molecule has 0 radical (unpaired) electrons. The number of ether oxygens (including phenoxy) is 2. The molecule has 1 aliphatic rings. The minimum atomic E-state index is -1.57. The number of aliphatic hydroxyl groups excluding tert-OH is 3. The smallest absolute Gasteiger partial charge is 0.344 e. The molecule has 0 spiro atoms. The molecule has 1 fully saturated rings. The fourth-order valence-electron chi connectivity index (χ4n) is 1.93. The van der Waals surface area contributed by atoms with Crippen molar-refractivity contribution in [1.82, 2.24) is 0 Å². The van der Waals surface area contributed by atoms with Gasteiger partial charge in [-0.2, -0.15) is 0 Å².